The highest BCUT2D eigenvalue weighted by molar-refractivity contribution is 5.69. The molecule has 0 atom stereocenters. The third-order valence-corrected chi connectivity index (χ3v) is 3.31. The maximum Gasteiger partial charge on any atom is 0.185 e. The van der Waals surface area contributed by atoms with E-state index in [0.717, 1.165) is 17.4 Å². The van der Waals surface area contributed by atoms with Crippen molar-refractivity contribution in [2.45, 2.75) is 6.04 Å². The molecule has 98 valence electrons. The molecule has 3 aromatic rings. The number of carbonyl (C=O) groups excluding carboxylic acids is 1. The first-order valence-electron chi connectivity index (χ1n) is 6.48. The summed E-state index contributed by atoms with van der Waals surface area (Å²) in [7, 11) is 0. The van der Waals surface area contributed by atoms with E-state index in [1.807, 2.05) is 47.2 Å². The second kappa shape index (κ2) is 5.53. The van der Waals surface area contributed by atoms with Gasteiger partial charge in [0.05, 0.1) is 6.04 Å². The Morgan fingerprint density at radius 2 is 1.45 bits per heavy atom. The Bertz CT molecular complexity index is 650. The molecule has 0 saturated heterocycles. The molecule has 0 saturated carbocycles. The molecule has 3 heteroatoms. The van der Waals surface area contributed by atoms with Crippen molar-refractivity contribution >= 4 is 6.29 Å². The maximum atomic E-state index is 11.2. The minimum absolute atomic E-state index is 0.0416. The standard InChI is InChI=1S/C17H14N2O/c20-13-16-18-11-12-19(16)17(14-7-3-1-4-8-14)15-9-5-2-6-10-15/h1-13,17H. The molecule has 1 aromatic heterocycles. The molecule has 3 nitrogen and oxygen atoms in total. The maximum absolute atomic E-state index is 11.2. The van der Waals surface area contributed by atoms with Gasteiger partial charge in [-0.25, -0.2) is 4.98 Å². The first kappa shape index (κ1) is 12.4. The SMILES string of the molecule is O=Cc1nccn1C(c1ccccc1)c1ccccc1. The lowest BCUT2D eigenvalue weighted by molar-refractivity contribution is 0.111. The van der Waals surface area contributed by atoms with Gasteiger partial charge in [0, 0.05) is 12.4 Å². The van der Waals surface area contributed by atoms with Crippen LogP contribution in [-0.2, 0) is 0 Å². The van der Waals surface area contributed by atoms with Gasteiger partial charge < -0.3 is 4.57 Å². The summed E-state index contributed by atoms with van der Waals surface area (Å²) in [5.74, 6) is 0.433. The van der Waals surface area contributed by atoms with Crippen LogP contribution in [0.1, 0.15) is 27.8 Å². The van der Waals surface area contributed by atoms with Crippen LogP contribution in [0.4, 0.5) is 0 Å². The van der Waals surface area contributed by atoms with E-state index in [9.17, 15) is 4.79 Å². The smallest absolute Gasteiger partial charge is 0.185 e. The molecule has 1 heterocycles. The van der Waals surface area contributed by atoms with E-state index in [1.54, 1.807) is 6.20 Å². The first-order chi connectivity index (χ1) is 9.90. The molecular weight excluding hydrogens is 248 g/mol. The molecule has 3 rings (SSSR count). The summed E-state index contributed by atoms with van der Waals surface area (Å²) >= 11 is 0. The highest BCUT2D eigenvalue weighted by Crippen LogP contribution is 2.27. The highest BCUT2D eigenvalue weighted by atomic mass is 16.1. The van der Waals surface area contributed by atoms with Crippen LogP contribution in [0.3, 0.4) is 0 Å². The van der Waals surface area contributed by atoms with Crippen LogP contribution in [0.2, 0.25) is 0 Å². The number of hydrogen-bond acceptors (Lipinski definition) is 2. The zero-order valence-electron chi connectivity index (χ0n) is 10.9. The van der Waals surface area contributed by atoms with Crippen molar-refractivity contribution in [3.63, 3.8) is 0 Å². The fraction of sp³-hybridized carbons (Fsp3) is 0.0588. The summed E-state index contributed by atoms with van der Waals surface area (Å²) in [5, 5.41) is 0. The molecule has 0 bridgehead atoms. The van der Waals surface area contributed by atoms with Crippen LogP contribution in [0, 0.1) is 0 Å². The Kier molecular flexibility index (Phi) is 3.42. The predicted octanol–water partition coefficient (Wildman–Crippen LogP) is 3.33. The predicted molar refractivity (Wildman–Crippen MR) is 77.7 cm³/mol. The number of rotatable bonds is 4. The molecule has 0 N–H and O–H groups in total. The molecule has 0 spiro atoms. The van der Waals surface area contributed by atoms with E-state index in [-0.39, 0.29) is 6.04 Å². The molecule has 0 radical (unpaired) electrons. The molecule has 0 aliphatic heterocycles. The number of imidazole rings is 1. The molecular formula is C17H14N2O. The third kappa shape index (κ3) is 2.26. The zero-order chi connectivity index (χ0) is 13.8. The second-order valence-electron chi connectivity index (χ2n) is 4.53. The first-order valence-corrected chi connectivity index (χ1v) is 6.48. The average Bonchev–Trinajstić information content (AvgIpc) is 2.98. The van der Waals surface area contributed by atoms with Gasteiger partial charge in [-0.15, -0.1) is 0 Å². The van der Waals surface area contributed by atoms with Gasteiger partial charge in [-0.2, -0.15) is 0 Å². The lowest BCUT2D eigenvalue weighted by atomic mass is 9.98. The summed E-state index contributed by atoms with van der Waals surface area (Å²) < 4.78 is 1.90. The molecule has 2 aromatic carbocycles. The van der Waals surface area contributed by atoms with Crippen molar-refractivity contribution in [1.82, 2.24) is 9.55 Å². The van der Waals surface area contributed by atoms with Gasteiger partial charge >= 0.3 is 0 Å². The van der Waals surface area contributed by atoms with Gasteiger partial charge in [0.15, 0.2) is 12.1 Å². The molecule has 20 heavy (non-hydrogen) atoms. The van der Waals surface area contributed by atoms with Gasteiger partial charge in [0.1, 0.15) is 0 Å². The summed E-state index contributed by atoms with van der Waals surface area (Å²) in [5.41, 5.74) is 2.25. The van der Waals surface area contributed by atoms with E-state index in [4.69, 9.17) is 0 Å². The summed E-state index contributed by atoms with van der Waals surface area (Å²) in [6.45, 7) is 0. The monoisotopic (exact) mass is 262 g/mol. The van der Waals surface area contributed by atoms with E-state index in [1.165, 1.54) is 0 Å². The molecule has 0 amide bonds. The van der Waals surface area contributed by atoms with Crippen LogP contribution in [-0.4, -0.2) is 15.8 Å². The summed E-state index contributed by atoms with van der Waals surface area (Å²) in [6, 6.07) is 20.2. The van der Waals surface area contributed by atoms with E-state index >= 15 is 0 Å². The van der Waals surface area contributed by atoms with Crippen molar-refractivity contribution < 1.29 is 4.79 Å². The lowest BCUT2D eigenvalue weighted by Gasteiger charge is -2.20. The summed E-state index contributed by atoms with van der Waals surface area (Å²) in [4.78, 5) is 15.3. The van der Waals surface area contributed by atoms with E-state index < -0.39 is 0 Å². The van der Waals surface area contributed by atoms with Gasteiger partial charge in [-0.05, 0) is 11.1 Å². The Morgan fingerprint density at radius 3 is 1.95 bits per heavy atom. The number of carbonyl (C=O) groups is 1. The molecule has 0 fully saturated rings. The zero-order valence-corrected chi connectivity index (χ0v) is 10.9. The second-order valence-corrected chi connectivity index (χ2v) is 4.53. The van der Waals surface area contributed by atoms with Gasteiger partial charge in [0.2, 0.25) is 0 Å². The Morgan fingerprint density at radius 1 is 0.900 bits per heavy atom. The lowest BCUT2D eigenvalue weighted by Crippen LogP contribution is -2.14. The van der Waals surface area contributed by atoms with E-state index in [0.29, 0.717) is 5.82 Å². The number of aldehydes is 1. The van der Waals surface area contributed by atoms with Gasteiger partial charge in [-0.1, -0.05) is 60.7 Å². The van der Waals surface area contributed by atoms with Gasteiger partial charge in [-0.3, -0.25) is 4.79 Å². The number of aromatic nitrogens is 2. The molecule has 0 unspecified atom stereocenters. The van der Waals surface area contributed by atoms with Crippen molar-refractivity contribution in [2.24, 2.45) is 0 Å². The average molecular weight is 262 g/mol. The third-order valence-electron chi connectivity index (χ3n) is 3.31. The fourth-order valence-electron chi connectivity index (χ4n) is 2.42. The largest absolute Gasteiger partial charge is 0.317 e. The van der Waals surface area contributed by atoms with Crippen molar-refractivity contribution in [3.8, 4) is 0 Å². The van der Waals surface area contributed by atoms with E-state index in [2.05, 4.69) is 29.2 Å². The number of nitrogens with zero attached hydrogens (tertiary/aromatic N) is 2. The van der Waals surface area contributed by atoms with Crippen LogP contribution < -0.4 is 0 Å². The van der Waals surface area contributed by atoms with Crippen LogP contribution in [0.15, 0.2) is 73.1 Å². The van der Waals surface area contributed by atoms with Crippen molar-refractivity contribution in [1.29, 1.82) is 0 Å². The molecule has 0 aliphatic carbocycles. The van der Waals surface area contributed by atoms with Gasteiger partial charge in [0.25, 0.3) is 0 Å². The van der Waals surface area contributed by atoms with Crippen molar-refractivity contribution in [3.05, 3.63) is 90.0 Å². The summed E-state index contributed by atoms with van der Waals surface area (Å²) in [6.07, 6.45) is 4.29. The van der Waals surface area contributed by atoms with Crippen LogP contribution in [0.5, 0.6) is 0 Å². The highest BCUT2D eigenvalue weighted by Gasteiger charge is 2.18. The normalized spacial score (nSPS) is 10.7. The minimum atomic E-state index is -0.0416. The fourth-order valence-corrected chi connectivity index (χ4v) is 2.42. The Hall–Kier alpha value is -2.68. The Labute approximate surface area is 117 Å². The quantitative estimate of drug-likeness (QED) is 0.676. The topological polar surface area (TPSA) is 34.9 Å². The minimum Gasteiger partial charge on any atom is -0.317 e. The number of benzene rings is 2. The van der Waals surface area contributed by atoms with Crippen LogP contribution in [0.25, 0.3) is 0 Å². The molecule has 0 aliphatic rings. The Balaban J connectivity index is 2.17. The van der Waals surface area contributed by atoms with Crippen molar-refractivity contribution in [2.75, 3.05) is 0 Å². The number of hydrogen-bond donors (Lipinski definition) is 0. The van der Waals surface area contributed by atoms with Crippen LogP contribution >= 0.6 is 0 Å².